The van der Waals surface area contributed by atoms with E-state index >= 15 is 0 Å². The topological polar surface area (TPSA) is 406 Å². The van der Waals surface area contributed by atoms with Crippen LogP contribution in [0.4, 0.5) is 0 Å². The minimum Gasteiger partial charge on any atom is -1.00 e. The SMILES string of the molecule is C=C(C)c1nc(CCC)[nH]c1C(=O)OCC.C=C(C)c1nc(CCC)[nH]c1C(=O)OCc1oc(=O)oc1C.CCCc1nc(C(=O)OCC)c(C(=O)OCC)[nH]1.CCCc1nc(C(=O)OCC)c(C(C)(C)OC)[nH]1.CCCc1nc(C(=O)OCc2oc(=O)oc2C)c(C(C)(C)OC)[nH]1.[2HH].[Br-].[CH3-].[Mg+2]. The molecule has 0 radical (unpaired) electrons. The number of ether oxygens (including phenoxy) is 8. The van der Waals surface area contributed by atoms with Crippen LogP contribution in [-0.2, 0) is 94.4 Å². The van der Waals surface area contributed by atoms with Crippen molar-refractivity contribution >= 4 is 70.0 Å². The van der Waals surface area contributed by atoms with Gasteiger partial charge in [-0.1, -0.05) is 47.8 Å². The number of rotatable bonds is 30. The summed E-state index contributed by atoms with van der Waals surface area (Å²) in [6, 6.07) is 0. The van der Waals surface area contributed by atoms with Gasteiger partial charge in [-0.2, -0.15) is 0 Å². The first-order valence-electron chi connectivity index (χ1n) is 32.5. The Morgan fingerprint density at radius 1 is 0.416 bits per heavy atom. The van der Waals surface area contributed by atoms with E-state index in [1.165, 1.54) is 0 Å². The molecule has 7 aromatic rings. The molecule has 7 heterocycles. The minimum atomic E-state index is -0.829. The van der Waals surface area contributed by atoms with Gasteiger partial charge >= 0.3 is 70.5 Å². The van der Waals surface area contributed by atoms with Crippen LogP contribution in [0.15, 0.2) is 40.4 Å². The molecule has 0 aliphatic rings. The van der Waals surface area contributed by atoms with Gasteiger partial charge in [-0.3, -0.25) is 0 Å². The van der Waals surface area contributed by atoms with Gasteiger partial charge in [-0.25, -0.2) is 63.3 Å². The number of aromatic nitrogens is 10. The largest absolute Gasteiger partial charge is 2.00 e. The molecule has 32 heteroatoms. The molecule has 5 N–H and O–H groups in total. The summed E-state index contributed by atoms with van der Waals surface area (Å²) < 4.78 is 59.9. The molecule has 30 nitrogen and oxygen atoms in total. The monoisotopic (exact) mass is 1500 g/mol. The molecule has 0 aliphatic heterocycles. The Labute approximate surface area is 617 Å². The van der Waals surface area contributed by atoms with Crippen LogP contribution in [0.5, 0.6) is 0 Å². The van der Waals surface area contributed by atoms with Crippen LogP contribution in [0.25, 0.3) is 11.1 Å². The molecule has 7 aromatic heterocycles. The van der Waals surface area contributed by atoms with Gasteiger partial charge in [0.05, 0.1) is 49.2 Å². The van der Waals surface area contributed by atoms with Gasteiger partial charge in [0.25, 0.3) is 0 Å². The van der Waals surface area contributed by atoms with Crippen molar-refractivity contribution < 1.29 is 103 Å². The van der Waals surface area contributed by atoms with E-state index in [-0.39, 0.29) is 127 Å². The summed E-state index contributed by atoms with van der Waals surface area (Å²) in [4.78, 5) is 130. The van der Waals surface area contributed by atoms with Gasteiger partial charge in [-0.15, -0.1) is 0 Å². The average molecular weight is 1500 g/mol. The summed E-state index contributed by atoms with van der Waals surface area (Å²) in [6.07, 6.45) is 8.29. The molecular formula is C69H103BrMgN10O20. The zero-order valence-corrected chi connectivity index (χ0v) is 65.2. The smallest absolute Gasteiger partial charge is 1.00 e. The Morgan fingerprint density at radius 3 is 0.941 bits per heavy atom. The van der Waals surface area contributed by atoms with E-state index in [4.69, 9.17) is 55.6 Å². The summed E-state index contributed by atoms with van der Waals surface area (Å²) in [5.74, 6) is -0.333. The number of aryl methyl sites for hydroxylation is 7. The number of esters is 6. The molecular weight excluding hydrogens is 1390 g/mol. The van der Waals surface area contributed by atoms with Crippen molar-refractivity contribution in [1.29, 1.82) is 0 Å². The third kappa shape index (κ3) is 27.8. The quantitative estimate of drug-likeness (QED) is 0.0121. The van der Waals surface area contributed by atoms with Crippen molar-refractivity contribution in [3.8, 4) is 0 Å². The number of nitrogens with zero attached hydrogens (tertiary/aromatic N) is 5. The Kier molecular flexibility index (Phi) is 41.6. The van der Waals surface area contributed by atoms with Gasteiger partial charge in [0.15, 0.2) is 70.4 Å². The summed E-state index contributed by atoms with van der Waals surface area (Å²) in [5.41, 5.74) is 3.64. The zero-order chi connectivity index (χ0) is 73.6. The van der Waals surface area contributed by atoms with Gasteiger partial charge in [0.2, 0.25) is 0 Å². The molecule has 0 bridgehead atoms. The maximum absolute atomic E-state index is 12.4. The molecule has 0 fully saturated rings. The number of methoxy groups -OCH3 is 2. The number of hydrogen-bond donors (Lipinski definition) is 5. The van der Waals surface area contributed by atoms with Crippen molar-refractivity contribution in [2.75, 3.05) is 40.6 Å². The van der Waals surface area contributed by atoms with Crippen LogP contribution >= 0.6 is 0 Å². The summed E-state index contributed by atoms with van der Waals surface area (Å²) in [5, 5.41) is 0. The first-order chi connectivity index (χ1) is 46.4. The summed E-state index contributed by atoms with van der Waals surface area (Å²) >= 11 is 0. The molecule has 0 amide bonds. The number of hydrogen-bond acceptors (Lipinski definition) is 25. The zero-order valence-electron chi connectivity index (χ0n) is 62.2. The van der Waals surface area contributed by atoms with Crippen molar-refractivity contribution in [1.82, 2.24) is 49.8 Å². The van der Waals surface area contributed by atoms with Crippen LogP contribution in [0.1, 0.15) is 275 Å². The van der Waals surface area contributed by atoms with Gasteiger partial charge < -0.3 is 105 Å². The second-order valence-corrected chi connectivity index (χ2v) is 22.7. The predicted octanol–water partition coefficient (Wildman–Crippen LogP) is 9.09. The van der Waals surface area contributed by atoms with E-state index in [2.05, 4.69) is 76.8 Å². The number of H-pyrrole nitrogens is 5. The molecule has 0 atom stereocenters. The summed E-state index contributed by atoms with van der Waals surface area (Å²) in [6.45, 7) is 39.6. The van der Waals surface area contributed by atoms with Crippen LogP contribution in [-0.4, -0.2) is 149 Å². The molecule has 0 unspecified atom stereocenters. The van der Waals surface area contributed by atoms with E-state index in [0.717, 1.165) is 68.6 Å². The molecule has 558 valence electrons. The van der Waals surface area contributed by atoms with Gasteiger partial charge in [0.1, 0.15) is 40.3 Å². The maximum atomic E-state index is 12.4. The Bertz CT molecular complexity index is 3860. The van der Waals surface area contributed by atoms with Crippen molar-refractivity contribution in [3.05, 3.63) is 151 Å². The van der Waals surface area contributed by atoms with Crippen LogP contribution in [0.3, 0.4) is 0 Å². The predicted molar refractivity (Wildman–Crippen MR) is 373 cm³/mol. The molecule has 0 aliphatic carbocycles. The van der Waals surface area contributed by atoms with E-state index in [1.54, 1.807) is 62.7 Å². The van der Waals surface area contributed by atoms with Crippen LogP contribution in [0, 0.1) is 21.3 Å². The molecule has 0 saturated heterocycles. The number of aromatic amines is 5. The molecule has 0 saturated carbocycles. The van der Waals surface area contributed by atoms with E-state index in [0.29, 0.717) is 83.3 Å². The molecule has 7 rings (SSSR count). The van der Waals surface area contributed by atoms with E-state index in [9.17, 15) is 38.4 Å². The van der Waals surface area contributed by atoms with Crippen molar-refractivity contribution in [2.24, 2.45) is 0 Å². The fourth-order valence-corrected chi connectivity index (χ4v) is 8.69. The maximum Gasteiger partial charge on any atom is 2.00 e. The number of carbonyl (C=O) groups is 6. The van der Waals surface area contributed by atoms with Gasteiger partial charge in [-0.05, 0) is 126 Å². The standard InChI is InChI=1S/C16H22N2O6.C15H18N2O5.C13H22N2O3.C12H18N2O4.C12H18N2O2.CH3.BrH.Mg.H2/c1-6-7-11-17-12(13(18-11)16(3,4)21-5)14(19)22-8-10-9(2)23-15(20)24-10;1-5-6-11-16-12(8(2)3)13(17-11)14(18)20-7-10-9(4)21-15(19)22-10;1-6-8-9-14-10(12(16)18-7-2)11(15-9)13(3,4)17-5;1-4-7-8-13-9(11(15)17-5-2)10(14-8)12(16)18-6-3;1-5-7-9-13-10(8(3)4)11(14-9)12(15)16-6-2;;;;/h6-8H2,1-5H3,(H,17,18);2,5-7H2,1,3-4H3,(H,16,17);6-8H2,1-5H3,(H,14,15);4-7H2,1-3H3,(H,13,14);3,5-7H2,1-2,4H3,(H,13,14);1H3;1H;;1H/q;;;;;-1;;+2;/p-1/i;;;;;;;;1+1. The number of imidazole rings is 5. The third-order valence-electron chi connectivity index (χ3n) is 13.9. The third-order valence-corrected chi connectivity index (χ3v) is 13.9. The van der Waals surface area contributed by atoms with Crippen molar-refractivity contribution in [2.45, 2.75) is 206 Å². The van der Waals surface area contributed by atoms with Crippen molar-refractivity contribution in [3.63, 3.8) is 0 Å². The normalized spacial score (nSPS) is 10.6. The molecule has 101 heavy (non-hydrogen) atoms. The van der Waals surface area contributed by atoms with Gasteiger partial charge in [0, 0.05) is 47.8 Å². The van der Waals surface area contributed by atoms with E-state index in [1.807, 2.05) is 55.4 Å². The Morgan fingerprint density at radius 2 is 0.663 bits per heavy atom. The first kappa shape index (κ1) is 92.5. The summed E-state index contributed by atoms with van der Waals surface area (Å²) in [7, 11) is 3.16. The number of halogens is 1. The van der Waals surface area contributed by atoms with Crippen LogP contribution < -0.4 is 28.6 Å². The average Bonchev–Trinajstić information content (AvgIpc) is 1.65. The Hall–Kier alpha value is -8.46. The fourth-order valence-electron chi connectivity index (χ4n) is 8.69. The van der Waals surface area contributed by atoms with E-state index < -0.39 is 52.7 Å². The number of nitrogens with one attached hydrogen (secondary N) is 5. The fraction of sp³-hybridized carbons (Fsp3) is 0.536. The Balaban J connectivity index is 0. The van der Waals surface area contributed by atoms with Crippen LogP contribution in [0.2, 0.25) is 0 Å². The first-order valence-corrected chi connectivity index (χ1v) is 32.5. The second-order valence-electron chi connectivity index (χ2n) is 22.7. The molecule has 0 aromatic carbocycles. The minimum absolute atomic E-state index is 0. The number of carbonyl (C=O) groups excluding carboxylic acids is 6. The second kappa shape index (κ2) is 45.4. The molecule has 0 spiro atoms. The number of allylic oxidation sites excluding steroid dienone is 2.